The molecule has 2 saturated carbocycles. The molecular weight excluding hydrogens is 580 g/mol. The minimum Gasteiger partial charge on any atom is -0.370 e. The molecule has 1 unspecified atom stereocenters. The summed E-state index contributed by atoms with van der Waals surface area (Å²) in [4.78, 5) is 22.4. The second-order valence-corrected chi connectivity index (χ2v) is 13.3. The molecule has 1 N–H and O–H groups in total. The molecule has 40 heavy (non-hydrogen) atoms. The Hall–Kier alpha value is -0.730. The van der Waals surface area contributed by atoms with E-state index in [4.69, 9.17) is 9.26 Å². The first-order chi connectivity index (χ1) is 16.7. The van der Waals surface area contributed by atoms with Crippen LogP contribution in [-0.2, 0) is 18.6 Å². The van der Waals surface area contributed by atoms with Crippen molar-refractivity contribution in [3.63, 3.8) is 0 Å². The van der Waals surface area contributed by atoms with Crippen LogP contribution in [0.1, 0.15) is 84.6 Å². The first-order valence-corrected chi connectivity index (χ1v) is 14.6. The Kier molecular flexibility index (Phi) is 12.4. The van der Waals surface area contributed by atoms with Gasteiger partial charge in [-0.25, -0.2) is 0 Å². The Morgan fingerprint density at radius 3 is 2.33 bits per heavy atom. The SMILES string of the molecule is C.C.C=C1CCO[C@]12CC[C@H]1[C@@H]3CCC4=CC(=O)CCC4=C3[C@@H](c3ccc(P(=O)(O)OC)cc3)C[C@@]12C.S.S.S. The van der Waals surface area contributed by atoms with E-state index in [1.54, 1.807) is 12.1 Å². The summed E-state index contributed by atoms with van der Waals surface area (Å²) in [6, 6.07) is 7.50. The molecule has 9 heteroatoms. The Labute approximate surface area is 262 Å². The minimum atomic E-state index is -3.80. The van der Waals surface area contributed by atoms with Gasteiger partial charge in [0, 0.05) is 24.9 Å². The zero-order chi connectivity index (χ0) is 24.6. The predicted molar refractivity (Wildman–Crippen MR) is 180 cm³/mol. The van der Waals surface area contributed by atoms with Gasteiger partial charge in [-0.15, -0.1) is 0 Å². The van der Waals surface area contributed by atoms with Crippen molar-refractivity contribution in [2.24, 2.45) is 17.3 Å². The number of rotatable bonds is 3. The Morgan fingerprint density at radius 1 is 1.05 bits per heavy atom. The molecule has 0 radical (unpaired) electrons. The third kappa shape index (κ3) is 5.40. The molecule has 1 spiro atoms. The van der Waals surface area contributed by atoms with Crippen molar-refractivity contribution in [3.8, 4) is 0 Å². The average Bonchev–Trinajstić information content (AvgIpc) is 3.38. The van der Waals surface area contributed by atoms with Gasteiger partial charge in [-0.3, -0.25) is 9.36 Å². The molecule has 1 saturated heterocycles. The molecule has 4 aliphatic carbocycles. The van der Waals surface area contributed by atoms with E-state index in [0.717, 1.165) is 51.6 Å². The number of fused-ring (bicyclic) bond motifs is 5. The second-order valence-electron chi connectivity index (χ2n) is 11.4. The number of carbonyl (C=O) groups excluding carboxylic acids is 1. The van der Waals surface area contributed by atoms with Crippen LogP contribution in [0.2, 0.25) is 0 Å². The maximum absolute atomic E-state index is 12.4. The van der Waals surface area contributed by atoms with Crippen LogP contribution in [0.25, 0.3) is 0 Å². The highest BCUT2D eigenvalue weighted by Crippen LogP contribution is 2.70. The zero-order valence-corrected chi connectivity index (χ0v) is 26.1. The van der Waals surface area contributed by atoms with Gasteiger partial charge < -0.3 is 14.2 Å². The van der Waals surface area contributed by atoms with E-state index < -0.39 is 7.60 Å². The van der Waals surface area contributed by atoms with E-state index >= 15 is 0 Å². The van der Waals surface area contributed by atoms with Crippen LogP contribution in [0.3, 0.4) is 0 Å². The smallest absolute Gasteiger partial charge is 0.358 e. The maximum Gasteiger partial charge on any atom is 0.358 e. The maximum atomic E-state index is 12.4. The summed E-state index contributed by atoms with van der Waals surface area (Å²) in [7, 11) is -2.53. The third-order valence-corrected chi connectivity index (χ3v) is 11.5. The zero-order valence-electron chi connectivity index (χ0n) is 22.2. The molecule has 1 aromatic carbocycles. The van der Waals surface area contributed by atoms with Gasteiger partial charge >= 0.3 is 7.60 Å². The number of hydrogen-bond acceptors (Lipinski definition) is 4. The first kappa shape index (κ1) is 37.3. The molecule has 5 aliphatic rings. The van der Waals surface area contributed by atoms with E-state index in [1.165, 1.54) is 35.0 Å². The fourth-order valence-corrected chi connectivity index (χ4v) is 9.15. The molecular formula is C31H49O5PS3. The molecule has 5 nitrogen and oxygen atoms in total. The summed E-state index contributed by atoms with van der Waals surface area (Å²) in [6.07, 6.45) is 9.48. The lowest BCUT2D eigenvalue weighted by Gasteiger charge is -2.55. The quantitative estimate of drug-likeness (QED) is 0.280. The highest BCUT2D eigenvalue weighted by atomic mass is 32.1. The van der Waals surface area contributed by atoms with Crippen molar-refractivity contribution < 1.29 is 23.5 Å². The van der Waals surface area contributed by atoms with E-state index in [2.05, 4.69) is 13.5 Å². The number of benzene rings is 1. The standard InChI is InChI=1S/C29H35O5P.2CH4.3H2S/c1-18-13-15-34-29(18)14-12-26-24-10-6-20-16-21(30)7-11-23(20)27(24)25(17-28(26,29)2)19-4-8-22(9-5-19)35(31,32)33-3;;;;;/h4-5,8-9,16,24-26H,1,6-7,10-15,17H2,2-3H3,(H,31,32);2*1H4;3*1H2/t24-,25+,26-,28-,29+;;;;;/m0...../s1. The highest BCUT2D eigenvalue weighted by Gasteiger charge is 2.65. The lowest BCUT2D eigenvalue weighted by atomic mass is 9.50. The van der Waals surface area contributed by atoms with E-state index in [-0.39, 0.29) is 78.1 Å². The normalized spacial score (nSPS) is 33.4. The lowest BCUT2D eigenvalue weighted by Crippen LogP contribution is -2.52. The Bertz CT molecular complexity index is 1230. The molecule has 3 fully saturated rings. The van der Waals surface area contributed by atoms with Gasteiger partial charge in [0.2, 0.25) is 0 Å². The summed E-state index contributed by atoms with van der Waals surface area (Å²) in [5, 5.41) is 0.315. The number of ketones is 1. The van der Waals surface area contributed by atoms with Gasteiger partial charge in [-0.05, 0) is 97.3 Å². The van der Waals surface area contributed by atoms with E-state index in [9.17, 15) is 14.3 Å². The second kappa shape index (κ2) is 13.3. The van der Waals surface area contributed by atoms with E-state index in [1.807, 2.05) is 18.2 Å². The topological polar surface area (TPSA) is 72.8 Å². The van der Waals surface area contributed by atoms with Crippen LogP contribution in [0.15, 0.2) is 59.2 Å². The van der Waals surface area contributed by atoms with Crippen LogP contribution >= 0.6 is 48.1 Å². The summed E-state index contributed by atoms with van der Waals surface area (Å²) < 4.78 is 23.8. The minimum absolute atomic E-state index is 0. The van der Waals surface area contributed by atoms with Gasteiger partial charge in [0.25, 0.3) is 0 Å². The van der Waals surface area contributed by atoms with Crippen LogP contribution < -0.4 is 5.30 Å². The number of carbonyl (C=O) groups is 1. The highest BCUT2D eigenvalue weighted by molar-refractivity contribution is 7.61. The summed E-state index contributed by atoms with van der Waals surface area (Å²) in [5.74, 6) is 1.45. The number of hydrogen-bond donors (Lipinski definition) is 1. The monoisotopic (exact) mass is 628 g/mol. The van der Waals surface area contributed by atoms with Crippen molar-refractivity contribution in [2.45, 2.75) is 84.7 Å². The molecule has 1 heterocycles. The summed E-state index contributed by atoms with van der Waals surface area (Å²) in [6.45, 7) is 7.69. The molecule has 226 valence electrons. The van der Waals surface area contributed by atoms with Gasteiger partial charge in [-0.1, -0.05) is 46.1 Å². The van der Waals surface area contributed by atoms with Crippen molar-refractivity contribution >= 4 is 59.2 Å². The lowest BCUT2D eigenvalue weighted by molar-refractivity contribution is -0.114. The van der Waals surface area contributed by atoms with Crippen LogP contribution in [-0.4, -0.2) is 30.0 Å². The van der Waals surface area contributed by atoms with E-state index in [0.29, 0.717) is 23.6 Å². The number of allylic oxidation sites excluding steroid dienone is 4. The summed E-state index contributed by atoms with van der Waals surface area (Å²) >= 11 is 0. The fourth-order valence-electron chi connectivity index (χ4n) is 8.42. The average molecular weight is 629 g/mol. The van der Waals surface area contributed by atoms with Crippen molar-refractivity contribution in [1.82, 2.24) is 0 Å². The van der Waals surface area contributed by atoms with Crippen molar-refractivity contribution in [1.29, 1.82) is 0 Å². The molecule has 0 bridgehead atoms. The van der Waals surface area contributed by atoms with Crippen LogP contribution in [0, 0.1) is 17.3 Å². The molecule has 1 aromatic rings. The summed E-state index contributed by atoms with van der Waals surface area (Å²) in [5.41, 5.74) is 6.34. The molecule has 1 aliphatic heterocycles. The Morgan fingerprint density at radius 2 is 1.73 bits per heavy atom. The van der Waals surface area contributed by atoms with Crippen LogP contribution in [0.5, 0.6) is 0 Å². The largest absolute Gasteiger partial charge is 0.370 e. The van der Waals surface area contributed by atoms with Crippen molar-refractivity contribution in [2.75, 3.05) is 13.7 Å². The molecule has 0 amide bonds. The molecule has 6 rings (SSSR count). The number of ether oxygens (including phenoxy) is 1. The fraction of sp³-hybridized carbons (Fsp3) is 0.581. The third-order valence-electron chi connectivity index (χ3n) is 10.0. The van der Waals surface area contributed by atoms with Crippen LogP contribution in [0.4, 0.5) is 0 Å². The van der Waals surface area contributed by atoms with Gasteiger partial charge in [-0.2, -0.15) is 40.5 Å². The van der Waals surface area contributed by atoms with Gasteiger partial charge in [0.05, 0.1) is 17.5 Å². The molecule has 6 atom stereocenters. The first-order valence-electron chi connectivity index (χ1n) is 13.0. The Balaban J connectivity index is 0.00000160. The molecule has 0 aromatic heterocycles. The van der Waals surface area contributed by atoms with Crippen molar-refractivity contribution in [3.05, 3.63) is 64.8 Å². The van der Waals surface area contributed by atoms with Gasteiger partial charge in [0.1, 0.15) is 0 Å². The van der Waals surface area contributed by atoms with Gasteiger partial charge in [0.15, 0.2) is 5.78 Å². The predicted octanol–water partition coefficient (Wildman–Crippen LogP) is 7.37.